The number of aromatic nitrogens is 1. The van der Waals surface area contributed by atoms with Crippen LogP contribution in [0.2, 0.25) is 0 Å². The summed E-state index contributed by atoms with van der Waals surface area (Å²) in [6.07, 6.45) is 3.15. The average molecular weight is 365 g/mol. The Hall–Kier alpha value is -2.69. The van der Waals surface area contributed by atoms with E-state index in [1.165, 1.54) is 0 Å². The minimum absolute atomic E-state index is 0.0474. The minimum Gasteiger partial charge on any atom is -0.348 e. The minimum atomic E-state index is -0.121. The molecular weight excluding hydrogens is 338 g/mol. The molecule has 1 aromatic carbocycles. The number of aryl methyl sites for hydroxylation is 2. The van der Waals surface area contributed by atoms with Gasteiger partial charge in [-0.15, -0.1) is 0 Å². The molecule has 0 radical (unpaired) electrons. The number of nitrogens with zero attached hydrogens (tertiary/aromatic N) is 2. The standard InChI is InChI=1S/C22H27N3O2/c1-15-4-6-19(7-5-15)22(27)25-12-9-18(10-13-25)21(26)24-17(3)20-14-16(2)8-11-23-20/h4-8,11,14,17-18H,9-10,12-13H2,1-3H3,(H,24,26). The number of pyridine rings is 1. The maximum atomic E-state index is 12.6. The first kappa shape index (κ1) is 19.1. The Balaban J connectivity index is 1.53. The molecule has 3 rings (SSSR count). The Morgan fingerprint density at radius 1 is 1.07 bits per heavy atom. The zero-order valence-electron chi connectivity index (χ0n) is 16.2. The summed E-state index contributed by atoms with van der Waals surface area (Å²) >= 11 is 0. The van der Waals surface area contributed by atoms with Gasteiger partial charge in [0, 0.05) is 30.8 Å². The first-order chi connectivity index (χ1) is 12.9. The Labute approximate surface area is 160 Å². The summed E-state index contributed by atoms with van der Waals surface area (Å²) in [5, 5.41) is 3.07. The van der Waals surface area contributed by atoms with Gasteiger partial charge in [-0.05, 0) is 63.4 Å². The van der Waals surface area contributed by atoms with Crippen molar-refractivity contribution in [2.75, 3.05) is 13.1 Å². The van der Waals surface area contributed by atoms with Crippen LogP contribution < -0.4 is 5.32 Å². The van der Waals surface area contributed by atoms with Crippen LogP contribution in [0.5, 0.6) is 0 Å². The predicted molar refractivity (Wildman–Crippen MR) is 105 cm³/mol. The number of carbonyl (C=O) groups is 2. The molecule has 27 heavy (non-hydrogen) atoms. The molecule has 0 bridgehead atoms. The van der Waals surface area contributed by atoms with Gasteiger partial charge in [-0.2, -0.15) is 0 Å². The summed E-state index contributed by atoms with van der Waals surface area (Å²) in [5.41, 5.74) is 3.85. The third kappa shape index (κ3) is 4.73. The number of carbonyl (C=O) groups excluding carboxylic acids is 2. The number of likely N-dealkylation sites (tertiary alicyclic amines) is 1. The smallest absolute Gasteiger partial charge is 0.253 e. The topological polar surface area (TPSA) is 62.3 Å². The van der Waals surface area contributed by atoms with E-state index < -0.39 is 0 Å². The Morgan fingerprint density at radius 3 is 2.37 bits per heavy atom. The van der Waals surface area contributed by atoms with Crippen molar-refractivity contribution in [1.29, 1.82) is 0 Å². The lowest BCUT2D eigenvalue weighted by molar-refractivity contribution is -0.127. The van der Waals surface area contributed by atoms with E-state index in [2.05, 4.69) is 10.3 Å². The van der Waals surface area contributed by atoms with Crippen LogP contribution in [0.4, 0.5) is 0 Å². The van der Waals surface area contributed by atoms with Crippen LogP contribution >= 0.6 is 0 Å². The van der Waals surface area contributed by atoms with Crippen molar-refractivity contribution in [3.05, 3.63) is 65.0 Å². The molecule has 2 aromatic rings. The van der Waals surface area contributed by atoms with Gasteiger partial charge in [-0.25, -0.2) is 0 Å². The van der Waals surface area contributed by atoms with Gasteiger partial charge in [0.15, 0.2) is 0 Å². The lowest BCUT2D eigenvalue weighted by Crippen LogP contribution is -2.43. The lowest BCUT2D eigenvalue weighted by Gasteiger charge is -2.32. The summed E-state index contributed by atoms with van der Waals surface area (Å²) in [7, 11) is 0. The Bertz CT molecular complexity index is 809. The normalized spacial score (nSPS) is 16.0. The van der Waals surface area contributed by atoms with E-state index in [-0.39, 0.29) is 23.8 Å². The average Bonchev–Trinajstić information content (AvgIpc) is 2.68. The number of benzene rings is 1. The van der Waals surface area contributed by atoms with E-state index in [4.69, 9.17) is 0 Å². The number of hydrogen-bond acceptors (Lipinski definition) is 3. The van der Waals surface area contributed by atoms with Crippen molar-refractivity contribution in [2.24, 2.45) is 5.92 Å². The fourth-order valence-corrected chi connectivity index (χ4v) is 3.43. The van der Waals surface area contributed by atoms with Gasteiger partial charge in [0.05, 0.1) is 11.7 Å². The highest BCUT2D eigenvalue weighted by Gasteiger charge is 2.28. The van der Waals surface area contributed by atoms with Gasteiger partial charge < -0.3 is 10.2 Å². The number of rotatable bonds is 4. The highest BCUT2D eigenvalue weighted by atomic mass is 16.2. The number of piperidine rings is 1. The van der Waals surface area contributed by atoms with Crippen LogP contribution in [-0.2, 0) is 4.79 Å². The zero-order chi connectivity index (χ0) is 19.4. The molecule has 5 nitrogen and oxygen atoms in total. The largest absolute Gasteiger partial charge is 0.348 e. The number of nitrogens with one attached hydrogen (secondary N) is 1. The molecular formula is C22H27N3O2. The molecule has 0 saturated carbocycles. The van der Waals surface area contributed by atoms with Gasteiger partial charge in [0.25, 0.3) is 5.91 Å². The van der Waals surface area contributed by atoms with E-state index in [9.17, 15) is 9.59 Å². The summed E-state index contributed by atoms with van der Waals surface area (Å²) in [6.45, 7) is 7.20. The first-order valence-electron chi connectivity index (χ1n) is 9.53. The van der Waals surface area contributed by atoms with Crippen LogP contribution in [0.25, 0.3) is 0 Å². The van der Waals surface area contributed by atoms with Crippen LogP contribution in [0.15, 0.2) is 42.6 Å². The molecule has 0 spiro atoms. The molecule has 0 aliphatic carbocycles. The highest BCUT2D eigenvalue weighted by molar-refractivity contribution is 5.94. The second kappa shape index (κ2) is 8.33. The molecule has 1 saturated heterocycles. The predicted octanol–water partition coefficient (Wildman–Crippen LogP) is 3.43. The van der Waals surface area contributed by atoms with Crippen LogP contribution in [-0.4, -0.2) is 34.8 Å². The molecule has 2 amide bonds. The van der Waals surface area contributed by atoms with E-state index >= 15 is 0 Å². The maximum absolute atomic E-state index is 12.6. The molecule has 5 heteroatoms. The summed E-state index contributed by atoms with van der Waals surface area (Å²) in [6, 6.07) is 11.5. The molecule has 1 aliphatic heterocycles. The van der Waals surface area contributed by atoms with Gasteiger partial charge in [-0.3, -0.25) is 14.6 Å². The third-order valence-electron chi connectivity index (χ3n) is 5.19. The third-order valence-corrected chi connectivity index (χ3v) is 5.19. The van der Waals surface area contributed by atoms with Crippen molar-refractivity contribution in [3.8, 4) is 0 Å². The lowest BCUT2D eigenvalue weighted by atomic mass is 9.95. The molecule has 1 fully saturated rings. The Kier molecular flexibility index (Phi) is 5.89. The van der Waals surface area contributed by atoms with Crippen molar-refractivity contribution in [3.63, 3.8) is 0 Å². The monoisotopic (exact) mass is 365 g/mol. The summed E-state index contributed by atoms with van der Waals surface area (Å²) in [4.78, 5) is 31.4. The number of amides is 2. The van der Waals surface area contributed by atoms with E-state index in [1.807, 2.05) is 62.1 Å². The molecule has 1 N–H and O–H groups in total. The second-order valence-corrected chi connectivity index (χ2v) is 7.42. The van der Waals surface area contributed by atoms with Crippen molar-refractivity contribution >= 4 is 11.8 Å². The van der Waals surface area contributed by atoms with Gasteiger partial charge in [-0.1, -0.05) is 17.7 Å². The van der Waals surface area contributed by atoms with Crippen LogP contribution in [0.1, 0.15) is 53.0 Å². The van der Waals surface area contributed by atoms with Gasteiger partial charge >= 0.3 is 0 Å². The summed E-state index contributed by atoms with van der Waals surface area (Å²) < 4.78 is 0. The molecule has 1 atom stereocenters. The van der Waals surface area contributed by atoms with Gasteiger partial charge in [0.2, 0.25) is 5.91 Å². The van der Waals surface area contributed by atoms with E-state index in [1.54, 1.807) is 6.20 Å². The van der Waals surface area contributed by atoms with Gasteiger partial charge in [0.1, 0.15) is 0 Å². The van der Waals surface area contributed by atoms with E-state index in [0.29, 0.717) is 31.5 Å². The first-order valence-corrected chi connectivity index (χ1v) is 9.53. The highest BCUT2D eigenvalue weighted by Crippen LogP contribution is 2.21. The zero-order valence-corrected chi connectivity index (χ0v) is 16.2. The summed E-state index contributed by atoms with van der Waals surface area (Å²) in [5.74, 6) is 0.0405. The Morgan fingerprint density at radius 2 is 1.74 bits per heavy atom. The van der Waals surface area contributed by atoms with Crippen molar-refractivity contribution in [1.82, 2.24) is 15.2 Å². The molecule has 2 heterocycles. The maximum Gasteiger partial charge on any atom is 0.253 e. The number of hydrogen-bond donors (Lipinski definition) is 1. The molecule has 142 valence electrons. The fraction of sp³-hybridized carbons (Fsp3) is 0.409. The molecule has 1 aromatic heterocycles. The second-order valence-electron chi connectivity index (χ2n) is 7.42. The van der Waals surface area contributed by atoms with E-state index in [0.717, 1.165) is 16.8 Å². The SMILES string of the molecule is Cc1ccc(C(=O)N2CCC(C(=O)NC(C)c3cc(C)ccn3)CC2)cc1. The van der Waals surface area contributed by atoms with Crippen LogP contribution in [0.3, 0.4) is 0 Å². The van der Waals surface area contributed by atoms with Crippen LogP contribution in [0, 0.1) is 19.8 Å². The molecule has 1 aliphatic rings. The fourth-order valence-electron chi connectivity index (χ4n) is 3.43. The van der Waals surface area contributed by atoms with Crippen molar-refractivity contribution < 1.29 is 9.59 Å². The van der Waals surface area contributed by atoms with Crippen molar-refractivity contribution in [2.45, 2.75) is 39.7 Å². The molecule has 1 unspecified atom stereocenters. The quantitative estimate of drug-likeness (QED) is 0.903.